The largest absolute Gasteiger partial charge is 0.433 e. The summed E-state index contributed by atoms with van der Waals surface area (Å²) in [5.74, 6) is 1.25. The Hall–Kier alpha value is -3.41. The van der Waals surface area contributed by atoms with Crippen LogP contribution in [0.3, 0.4) is 0 Å². The van der Waals surface area contributed by atoms with Crippen LogP contribution in [0.15, 0.2) is 30.7 Å². The lowest BCUT2D eigenvalue weighted by atomic mass is 10.1. The van der Waals surface area contributed by atoms with Gasteiger partial charge in [-0.25, -0.2) is 4.98 Å². The lowest BCUT2D eigenvalue weighted by Gasteiger charge is -2.38. The molecule has 0 saturated carbocycles. The van der Waals surface area contributed by atoms with Crippen LogP contribution in [0, 0.1) is 6.92 Å². The van der Waals surface area contributed by atoms with Crippen LogP contribution in [0.5, 0.6) is 0 Å². The van der Waals surface area contributed by atoms with Gasteiger partial charge in [-0.2, -0.15) is 23.3 Å². The van der Waals surface area contributed by atoms with E-state index in [1.807, 2.05) is 43.9 Å². The fourth-order valence-corrected chi connectivity index (χ4v) is 3.60. The molecule has 0 bridgehead atoms. The zero-order chi connectivity index (χ0) is 23.9. The molecular formula is C21H25F3N8O. The van der Waals surface area contributed by atoms with E-state index in [0.29, 0.717) is 36.1 Å². The Morgan fingerprint density at radius 2 is 1.94 bits per heavy atom. The third-order valence-corrected chi connectivity index (χ3v) is 5.66. The van der Waals surface area contributed by atoms with Gasteiger partial charge in [-0.1, -0.05) is 6.07 Å². The van der Waals surface area contributed by atoms with E-state index in [0.717, 1.165) is 17.3 Å². The molecule has 3 aromatic heterocycles. The highest BCUT2D eigenvalue weighted by atomic mass is 19.4. The maximum Gasteiger partial charge on any atom is 0.433 e. The van der Waals surface area contributed by atoms with Crippen LogP contribution < -0.4 is 15.1 Å². The maximum atomic E-state index is 12.7. The van der Waals surface area contributed by atoms with E-state index in [9.17, 15) is 18.3 Å². The van der Waals surface area contributed by atoms with Crippen LogP contribution in [-0.2, 0) is 19.3 Å². The van der Waals surface area contributed by atoms with E-state index in [-0.39, 0.29) is 6.04 Å². The van der Waals surface area contributed by atoms with Gasteiger partial charge >= 0.3 is 6.18 Å². The quantitative estimate of drug-likeness (QED) is 0.598. The Balaban J connectivity index is 1.46. The van der Waals surface area contributed by atoms with Crippen molar-refractivity contribution in [3.63, 3.8) is 0 Å². The van der Waals surface area contributed by atoms with E-state index in [1.54, 1.807) is 10.9 Å². The highest BCUT2D eigenvalue weighted by Crippen LogP contribution is 2.34. The number of pyridine rings is 1. The minimum Gasteiger partial charge on any atom is -0.372 e. The van der Waals surface area contributed by atoms with E-state index in [1.165, 1.54) is 12.3 Å². The second-order valence-electron chi connectivity index (χ2n) is 8.20. The van der Waals surface area contributed by atoms with Gasteiger partial charge in [0.25, 0.3) is 0 Å². The first-order valence-electron chi connectivity index (χ1n) is 10.3. The summed E-state index contributed by atoms with van der Waals surface area (Å²) in [6.07, 6.45) is -0.430. The molecule has 2 N–H and O–H groups in total. The number of alkyl halides is 3. The molecule has 0 saturated heterocycles. The highest BCUT2D eigenvalue weighted by Gasteiger charge is 2.32. The second-order valence-corrected chi connectivity index (χ2v) is 8.20. The van der Waals surface area contributed by atoms with Crippen molar-refractivity contribution in [3.8, 4) is 0 Å². The minimum absolute atomic E-state index is 0.150. The molecule has 3 aromatic rings. The maximum absolute atomic E-state index is 12.7. The first-order chi connectivity index (χ1) is 15.5. The number of nitrogens with one attached hydrogen (secondary N) is 1. The monoisotopic (exact) mass is 462 g/mol. The van der Waals surface area contributed by atoms with Gasteiger partial charge in [-0.15, -0.1) is 0 Å². The Morgan fingerprint density at radius 3 is 2.61 bits per heavy atom. The molecule has 33 heavy (non-hydrogen) atoms. The third-order valence-electron chi connectivity index (χ3n) is 5.66. The number of aliphatic hydroxyl groups is 1. The van der Waals surface area contributed by atoms with Gasteiger partial charge in [-0.05, 0) is 25.5 Å². The normalized spacial score (nSPS) is 18.1. The van der Waals surface area contributed by atoms with Gasteiger partial charge in [0, 0.05) is 38.6 Å². The van der Waals surface area contributed by atoms with Crippen molar-refractivity contribution in [2.45, 2.75) is 45.4 Å². The van der Waals surface area contributed by atoms with Crippen molar-refractivity contribution in [1.82, 2.24) is 24.7 Å². The summed E-state index contributed by atoms with van der Waals surface area (Å²) in [7, 11) is 3.75. The van der Waals surface area contributed by atoms with Crippen molar-refractivity contribution in [1.29, 1.82) is 0 Å². The standard InChI is InChI=1S/C21H25F3N8O/c1-12-17-18(31(4)13(2)19(33)28-17)29-20(27-12)30(3)9-15-8-26-32(11-15)10-14-5-6-16(25-7-14)21(22,23)24/h5-8,11,13,19,28,33H,9-10H2,1-4H3/t13-,19?/m0/s1. The molecule has 1 aliphatic heterocycles. The Kier molecular flexibility index (Phi) is 5.87. The number of aliphatic hydroxyl groups excluding tert-OH is 1. The predicted molar refractivity (Wildman–Crippen MR) is 117 cm³/mol. The van der Waals surface area contributed by atoms with Crippen molar-refractivity contribution in [2.24, 2.45) is 0 Å². The fourth-order valence-electron chi connectivity index (χ4n) is 3.60. The second kappa shape index (κ2) is 8.50. The summed E-state index contributed by atoms with van der Waals surface area (Å²) in [4.78, 5) is 16.5. The van der Waals surface area contributed by atoms with Gasteiger partial charge in [0.2, 0.25) is 5.95 Å². The summed E-state index contributed by atoms with van der Waals surface area (Å²) in [5, 5.41) is 17.5. The number of aromatic nitrogens is 5. The fraction of sp³-hybridized carbons (Fsp3) is 0.429. The Bertz CT molecular complexity index is 1130. The van der Waals surface area contributed by atoms with Gasteiger partial charge in [0.1, 0.15) is 17.6 Å². The predicted octanol–water partition coefficient (Wildman–Crippen LogP) is 2.65. The molecule has 1 unspecified atom stereocenters. The van der Waals surface area contributed by atoms with Crippen molar-refractivity contribution in [2.75, 3.05) is 29.2 Å². The number of hydrogen-bond acceptors (Lipinski definition) is 8. The van der Waals surface area contributed by atoms with Crippen LogP contribution >= 0.6 is 0 Å². The molecule has 176 valence electrons. The molecule has 4 heterocycles. The molecule has 0 spiro atoms. The molecule has 4 rings (SSSR count). The van der Waals surface area contributed by atoms with Crippen LogP contribution in [0.2, 0.25) is 0 Å². The number of nitrogens with zero attached hydrogens (tertiary/aromatic N) is 7. The summed E-state index contributed by atoms with van der Waals surface area (Å²) < 4.78 is 39.7. The third kappa shape index (κ3) is 4.70. The summed E-state index contributed by atoms with van der Waals surface area (Å²) >= 11 is 0. The summed E-state index contributed by atoms with van der Waals surface area (Å²) in [5.41, 5.74) is 2.03. The smallest absolute Gasteiger partial charge is 0.372 e. The first-order valence-corrected chi connectivity index (χ1v) is 10.3. The Morgan fingerprint density at radius 1 is 1.18 bits per heavy atom. The average molecular weight is 462 g/mol. The lowest BCUT2D eigenvalue weighted by Crippen LogP contribution is -2.48. The van der Waals surface area contributed by atoms with Crippen LogP contribution in [-0.4, -0.2) is 56.2 Å². The molecule has 0 fully saturated rings. The van der Waals surface area contributed by atoms with Crippen LogP contribution in [0.25, 0.3) is 0 Å². The number of likely N-dealkylation sites (N-methyl/N-ethyl adjacent to an activating group) is 1. The Labute approximate surface area is 188 Å². The number of fused-ring (bicyclic) bond motifs is 1. The molecule has 9 nitrogen and oxygen atoms in total. The van der Waals surface area contributed by atoms with Crippen molar-refractivity contribution in [3.05, 3.63) is 53.2 Å². The number of aryl methyl sites for hydroxylation is 1. The molecular weight excluding hydrogens is 437 g/mol. The number of hydrogen-bond donors (Lipinski definition) is 2. The van der Waals surface area contributed by atoms with Crippen LogP contribution in [0.1, 0.15) is 29.4 Å². The van der Waals surface area contributed by atoms with Gasteiger partial charge < -0.3 is 20.2 Å². The number of rotatable bonds is 5. The van der Waals surface area contributed by atoms with Gasteiger partial charge in [0.05, 0.1) is 24.5 Å². The molecule has 0 amide bonds. The van der Waals surface area contributed by atoms with Gasteiger partial charge in [-0.3, -0.25) is 9.67 Å². The van der Waals surface area contributed by atoms with Gasteiger partial charge in [0.15, 0.2) is 5.82 Å². The number of halogens is 3. The van der Waals surface area contributed by atoms with E-state index >= 15 is 0 Å². The first kappa shape index (κ1) is 22.8. The van der Waals surface area contributed by atoms with E-state index in [2.05, 4.69) is 25.4 Å². The molecule has 12 heteroatoms. The molecule has 0 radical (unpaired) electrons. The summed E-state index contributed by atoms with van der Waals surface area (Å²) in [6.45, 7) is 4.55. The number of anilines is 3. The highest BCUT2D eigenvalue weighted by molar-refractivity contribution is 5.72. The van der Waals surface area contributed by atoms with Crippen molar-refractivity contribution >= 4 is 17.5 Å². The zero-order valence-electron chi connectivity index (χ0n) is 18.7. The van der Waals surface area contributed by atoms with Crippen LogP contribution in [0.4, 0.5) is 30.6 Å². The molecule has 2 atom stereocenters. The lowest BCUT2D eigenvalue weighted by molar-refractivity contribution is -0.141. The SMILES string of the molecule is Cc1nc(N(C)Cc2cnn(Cc3ccc(C(F)(F)F)nc3)c2)nc2c1NC(O)[C@H](C)N2C. The molecule has 0 aromatic carbocycles. The van der Waals surface area contributed by atoms with E-state index in [4.69, 9.17) is 0 Å². The summed E-state index contributed by atoms with van der Waals surface area (Å²) in [6, 6.07) is 2.22. The van der Waals surface area contributed by atoms with E-state index < -0.39 is 18.1 Å². The van der Waals surface area contributed by atoms with Crippen molar-refractivity contribution < 1.29 is 18.3 Å². The molecule has 1 aliphatic rings. The average Bonchev–Trinajstić information content (AvgIpc) is 3.19. The topological polar surface area (TPSA) is 95.2 Å². The zero-order valence-corrected chi connectivity index (χ0v) is 18.7. The minimum atomic E-state index is -4.46. The molecule has 0 aliphatic carbocycles.